The number of carboxylic acids is 1. The molecule has 1 N–H and O–H groups in total. The highest BCUT2D eigenvalue weighted by atomic mass is 16.4. The van der Waals surface area contributed by atoms with Crippen LogP contribution in [-0.4, -0.2) is 35.0 Å². The van der Waals surface area contributed by atoms with E-state index in [0.29, 0.717) is 0 Å². The number of carboxylic acid groups (broad SMARTS) is 1. The van der Waals surface area contributed by atoms with Crippen molar-refractivity contribution in [2.75, 3.05) is 13.1 Å². The van der Waals surface area contributed by atoms with E-state index in [2.05, 4.69) is 0 Å². The summed E-state index contributed by atoms with van der Waals surface area (Å²) < 4.78 is 0. The zero-order chi connectivity index (χ0) is 9.68. The highest BCUT2D eigenvalue weighted by Gasteiger charge is 2.16. The summed E-state index contributed by atoms with van der Waals surface area (Å²) in [4.78, 5) is 23.4. The van der Waals surface area contributed by atoms with E-state index in [1.165, 1.54) is 6.42 Å². The van der Waals surface area contributed by atoms with Crippen LogP contribution < -0.4 is 0 Å². The third kappa shape index (κ3) is 3.44. The fourth-order valence-electron chi connectivity index (χ4n) is 1.52. The average Bonchev–Trinajstić information content (AvgIpc) is 2.15. The molecule has 0 aliphatic carbocycles. The van der Waals surface area contributed by atoms with Gasteiger partial charge in [0.2, 0.25) is 5.91 Å². The lowest BCUT2D eigenvalue weighted by molar-refractivity contribution is -0.141. The minimum absolute atomic E-state index is 0.0119. The van der Waals surface area contributed by atoms with Gasteiger partial charge in [-0.3, -0.25) is 9.59 Å². The highest BCUT2D eigenvalue weighted by molar-refractivity contribution is 5.80. The van der Waals surface area contributed by atoms with Crippen LogP contribution in [0, 0.1) is 0 Å². The second-order valence-electron chi connectivity index (χ2n) is 3.34. The summed E-state index contributed by atoms with van der Waals surface area (Å²) in [6.07, 6.45) is 3.39. The summed E-state index contributed by atoms with van der Waals surface area (Å²) in [5.41, 5.74) is 0. The van der Waals surface area contributed by atoms with Gasteiger partial charge in [-0.25, -0.2) is 0 Å². The lowest BCUT2D eigenvalue weighted by atomic mass is 10.1. The minimum Gasteiger partial charge on any atom is -0.481 e. The van der Waals surface area contributed by atoms with Crippen LogP contribution in [-0.2, 0) is 9.59 Å². The zero-order valence-corrected chi connectivity index (χ0v) is 7.66. The van der Waals surface area contributed by atoms with Crippen molar-refractivity contribution in [2.45, 2.75) is 32.1 Å². The standard InChI is InChI=1S/C9H15NO3/c11-8(4-5-9(12)13)10-6-2-1-3-7-10/h1-7H2,(H,12,13). The number of piperidine rings is 1. The number of aliphatic carboxylic acids is 1. The van der Waals surface area contributed by atoms with Gasteiger partial charge in [0.25, 0.3) is 0 Å². The molecule has 1 aliphatic heterocycles. The second-order valence-corrected chi connectivity index (χ2v) is 3.34. The van der Waals surface area contributed by atoms with Gasteiger partial charge < -0.3 is 10.0 Å². The second kappa shape index (κ2) is 4.84. The molecule has 1 heterocycles. The Morgan fingerprint density at radius 1 is 1.08 bits per heavy atom. The van der Waals surface area contributed by atoms with Gasteiger partial charge in [-0.1, -0.05) is 0 Å². The summed E-state index contributed by atoms with van der Waals surface area (Å²) in [7, 11) is 0. The number of carbonyl (C=O) groups is 2. The molecule has 0 spiro atoms. The van der Waals surface area contributed by atoms with E-state index in [0.717, 1.165) is 25.9 Å². The first-order valence-corrected chi connectivity index (χ1v) is 4.70. The predicted molar refractivity (Wildman–Crippen MR) is 47.3 cm³/mol. The summed E-state index contributed by atoms with van der Waals surface area (Å²) in [5.74, 6) is -0.910. The number of rotatable bonds is 3. The molecule has 4 heteroatoms. The minimum atomic E-state index is -0.898. The molecule has 0 aromatic rings. The van der Waals surface area contributed by atoms with Crippen LogP contribution in [0.2, 0.25) is 0 Å². The van der Waals surface area contributed by atoms with Crippen molar-refractivity contribution in [3.8, 4) is 0 Å². The van der Waals surface area contributed by atoms with Crippen LogP contribution in [0.5, 0.6) is 0 Å². The van der Waals surface area contributed by atoms with Gasteiger partial charge in [0, 0.05) is 19.5 Å². The highest BCUT2D eigenvalue weighted by Crippen LogP contribution is 2.10. The molecule has 0 atom stereocenters. The quantitative estimate of drug-likeness (QED) is 0.709. The third-order valence-electron chi connectivity index (χ3n) is 2.26. The van der Waals surface area contributed by atoms with Gasteiger partial charge in [-0.15, -0.1) is 0 Å². The Morgan fingerprint density at radius 2 is 1.69 bits per heavy atom. The Kier molecular flexibility index (Phi) is 3.73. The van der Waals surface area contributed by atoms with Crippen molar-refractivity contribution < 1.29 is 14.7 Å². The van der Waals surface area contributed by atoms with Crippen molar-refractivity contribution in [2.24, 2.45) is 0 Å². The predicted octanol–water partition coefficient (Wildman–Crippen LogP) is 0.864. The van der Waals surface area contributed by atoms with E-state index in [4.69, 9.17) is 5.11 Å². The largest absolute Gasteiger partial charge is 0.481 e. The molecule has 0 aromatic carbocycles. The number of amides is 1. The number of hydrogen-bond acceptors (Lipinski definition) is 2. The topological polar surface area (TPSA) is 57.6 Å². The van der Waals surface area contributed by atoms with E-state index in [-0.39, 0.29) is 18.7 Å². The fraction of sp³-hybridized carbons (Fsp3) is 0.778. The maximum absolute atomic E-state index is 11.4. The average molecular weight is 185 g/mol. The van der Waals surface area contributed by atoms with Crippen molar-refractivity contribution >= 4 is 11.9 Å². The molecule has 13 heavy (non-hydrogen) atoms. The smallest absolute Gasteiger partial charge is 0.303 e. The molecule has 1 saturated heterocycles. The first kappa shape index (κ1) is 10.0. The first-order chi connectivity index (χ1) is 6.20. The lowest BCUT2D eigenvalue weighted by Crippen LogP contribution is -2.35. The Balaban J connectivity index is 2.25. The number of nitrogens with zero attached hydrogens (tertiary/aromatic N) is 1. The molecule has 0 aromatic heterocycles. The van der Waals surface area contributed by atoms with Crippen molar-refractivity contribution in [3.63, 3.8) is 0 Å². The van der Waals surface area contributed by atoms with E-state index in [9.17, 15) is 9.59 Å². The molecule has 74 valence electrons. The Hall–Kier alpha value is -1.06. The van der Waals surface area contributed by atoms with E-state index < -0.39 is 5.97 Å². The zero-order valence-electron chi connectivity index (χ0n) is 7.66. The first-order valence-electron chi connectivity index (χ1n) is 4.70. The molecular formula is C9H15NO3. The van der Waals surface area contributed by atoms with Gasteiger partial charge in [0.1, 0.15) is 0 Å². The Bertz CT molecular complexity index is 197. The molecule has 0 radical (unpaired) electrons. The molecule has 1 aliphatic rings. The van der Waals surface area contributed by atoms with Crippen LogP contribution in [0.1, 0.15) is 32.1 Å². The maximum atomic E-state index is 11.4. The molecule has 0 bridgehead atoms. The van der Waals surface area contributed by atoms with E-state index in [1.54, 1.807) is 4.90 Å². The number of carbonyl (C=O) groups excluding carboxylic acids is 1. The van der Waals surface area contributed by atoms with Crippen LogP contribution in [0.4, 0.5) is 0 Å². The molecule has 4 nitrogen and oxygen atoms in total. The van der Waals surface area contributed by atoms with E-state index >= 15 is 0 Å². The van der Waals surface area contributed by atoms with E-state index in [1.807, 2.05) is 0 Å². The molecule has 0 unspecified atom stereocenters. The third-order valence-corrected chi connectivity index (χ3v) is 2.26. The Morgan fingerprint density at radius 3 is 2.23 bits per heavy atom. The molecule has 0 saturated carbocycles. The van der Waals surface area contributed by atoms with Gasteiger partial charge in [-0.05, 0) is 19.3 Å². The van der Waals surface area contributed by atoms with Crippen molar-refractivity contribution in [1.82, 2.24) is 4.90 Å². The number of likely N-dealkylation sites (tertiary alicyclic amines) is 1. The molecule has 1 rings (SSSR count). The van der Waals surface area contributed by atoms with Gasteiger partial charge >= 0.3 is 5.97 Å². The summed E-state index contributed by atoms with van der Waals surface area (Å²) in [5, 5.41) is 8.39. The molecular weight excluding hydrogens is 170 g/mol. The SMILES string of the molecule is O=C(O)CCC(=O)N1CCCCC1. The number of hydrogen-bond donors (Lipinski definition) is 1. The normalized spacial score (nSPS) is 17.1. The maximum Gasteiger partial charge on any atom is 0.303 e. The van der Waals surface area contributed by atoms with Crippen molar-refractivity contribution in [3.05, 3.63) is 0 Å². The summed E-state index contributed by atoms with van der Waals surface area (Å²) in [6.45, 7) is 1.61. The van der Waals surface area contributed by atoms with Gasteiger partial charge in [-0.2, -0.15) is 0 Å². The van der Waals surface area contributed by atoms with Crippen LogP contribution in [0.15, 0.2) is 0 Å². The summed E-state index contributed by atoms with van der Waals surface area (Å²) in [6, 6.07) is 0. The van der Waals surface area contributed by atoms with Gasteiger partial charge in [0.15, 0.2) is 0 Å². The van der Waals surface area contributed by atoms with Crippen molar-refractivity contribution in [1.29, 1.82) is 0 Å². The van der Waals surface area contributed by atoms with Crippen LogP contribution in [0.3, 0.4) is 0 Å². The Labute approximate surface area is 77.5 Å². The fourth-order valence-corrected chi connectivity index (χ4v) is 1.52. The molecule has 1 fully saturated rings. The van der Waals surface area contributed by atoms with Crippen LogP contribution in [0.25, 0.3) is 0 Å². The molecule has 1 amide bonds. The monoisotopic (exact) mass is 185 g/mol. The van der Waals surface area contributed by atoms with Crippen LogP contribution >= 0.6 is 0 Å². The summed E-state index contributed by atoms with van der Waals surface area (Å²) >= 11 is 0. The lowest BCUT2D eigenvalue weighted by Gasteiger charge is -2.26. The van der Waals surface area contributed by atoms with Gasteiger partial charge in [0.05, 0.1) is 6.42 Å².